The summed E-state index contributed by atoms with van der Waals surface area (Å²) in [6.07, 6.45) is 4.82. The molecule has 0 saturated carbocycles. The van der Waals surface area contributed by atoms with Crippen molar-refractivity contribution >= 4 is 11.7 Å². The van der Waals surface area contributed by atoms with Gasteiger partial charge in [0, 0.05) is 13.2 Å². The molecule has 1 N–H and O–H groups in total. The SMILES string of the molecule is C=C/C=C1/NCC(=O)N(C)C1=NC=C. The van der Waals surface area contributed by atoms with E-state index in [0.29, 0.717) is 5.84 Å². The molecule has 1 aliphatic rings. The Morgan fingerprint density at radius 2 is 2.29 bits per heavy atom. The monoisotopic (exact) mass is 191 g/mol. The standard InChI is InChI=1S/C10H13N3O/c1-4-6-8-10(11-5-2)13(3)9(14)7-12-8/h4-6,12H,1-2,7H2,3H3/b8-6+,11-10?. The molecular weight excluding hydrogens is 178 g/mol. The highest BCUT2D eigenvalue weighted by Crippen LogP contribution is 2.06. The Morgan fingerprint density at radius 1 is 1.57 bits per heavy atom. The van der Waals surface area contributed by atoms with E-state index in [1.165, 1.54) is 11.1 Å². The van der Waals surface area contributed by atoms with Crippen LogP contribution in [0.5, 0.6) is 0 Å². The van der Waals surface area contributed by atoms with E-state index in [1.807, 2.05) is 0 Å². The van der Waals surface area contributed by atoms with Crippen LogP contribution < -0.4 is 5.32 Å². The lowest BCUT2D eigenvalue weighted by molar-refractivity contribution is -0.125. The second kappa shape index (κ2) is 4.41. The van der Waals surface area contributed by atoms with Crippen LogP contribution in [0, 0.1) is 0 Å². The number of amides is 1. The van der Waals surface area contributed by atoms with Gasteiger partial charge in [-0.05, 0) is 6.08 Å². The lowest BCUT2D eigenvalue weighted by Gasteiger charge is -2.27. The van der Waals surface area contributed by atoms with E-state index in [2.05, 4.69) is 23.5 Å². The number of hydrogen-bond donors (Lipinski definition) is 1. The van der Waals surface area contributed by atoms with Gasteiger partial charge in [0.05, 0.1) is 12.2 Å². The highest BCUT2D eigenvalue weighted by atomic mass is 16.2. The fourth-order valence-electron chi connectivity index (χ4n) is 1.16. The average Bonchev–Trinajstić information content (AvgIpc) is 2.18. The highest BCUT2D eigenvalue weighted by Gasteiger charge is 2.23. The van der Waals surface area contributed by atoms with Gasteiger partial charge in [-0.25, -0.2) is 4.99 Å². The maximum Gasteiger partial charge on any atom is 0.247 e. The van der Waals surface area contributed by atoms with Crippen molar-refractivity contribution in [3.8, 4) is 0 Å². The first-order chi connectivity index (χ1) is 6.70. The zero-order valence-corrected chi connectivity index (χ0v) is 8.16. The summed E-state index contributed by atoms with van der Waals surface area (Å²) in [5.74, 6) is 0.544. The predicted octanol–water partition coefficient (Wildman–Crippen LogP) is 0.660. The Labute approximate surface area is 83.3 Å². The van der Waals surface area contributed by atoms with Gasteiger partial charge in [-0.15, -0.1) is 0 Å². The number of piperazine rings is 1. The summed E-state index contributed by atoms with van der Waals surface area (Å²) in [5.41, 5.74) is 0.780. The number of aliphatic imine (C=N–C) groups is 1. The zero-order chi connectivity index (χ0) is 10.6. The molecule has 1 saturated heterocycles. The van der Waals surface area contributed by atoms with Crippen molar-refractivity contribution in [2.24, 2.45) is 4.99 Å². The Morgan fingerprint density at radius 3 is 2.86 bits per heavy atom. The lowest BCUT2D eigenvalue weighted by Crippen LogP contribution is -2.48. The van der Waals surface area contributed by atoms with Crippen molar-refractivity contribution < 1.29 is 4.79 Å². The summed E-state index contributed by atoms with van der Waals surface area (Å²) in [6.45, 7) is 7.38. The first-order valence-electron chi connectivity index (χ1n) is 4.23. The molecule has 4 heteroatoms. The normalized spacial score (nSPS) is 22.4. The third-order valence-corrected chi connectivity index (χ3v) is 1.86. The molecule has 1 aliphatic heterocycles. The Balaban J connectivity index is 3.05. The summed E-state index contributed by atoms with van der Waals surface area (Å²) >= 11 is 0. The molecule has 1 amide bonds. The number of likely N-dealkylation sites (N-methyl/N-ethyl adjacent to an activating group) is 1. The quantitative estimate of drug-likeness (QED) is 0.697. The first-order valence-corrected chi connectivity index (χ1v) is 4.23. The van der Waals surface area contributed by atoms with Crippen molar-refractivity contribution in [2.75, 3.05) is 13.6 Å². The third-order valence-electron chi connectivity index (χ3n) is 1.86. The van der Waals surface area contributed by atoms with Crippen LogP contribution in [0.25, 0.3) is 0 Å². The average molecular weight is 191 g/mol. The van der Waals surface area contributed by atoms with E-state index in [4.69, 9.17) is 0 Å². The van der Waals surface area contributed by atoms with Crippen LogP contribution in [0.1, 0.15) is 0 Å². The minimum Gasteiger partial charge on any atom is -0.373 e. The number of nitrogens with one attached hydrogen (secondary N) is 1. The maximum atomic E-state index is 11.3. The smallest absolute Gasteiger partial charge is 0.247 e. The second-order valence-electron chi connectivity index (χ2n) is 2.76. The van der Waals surface area contributed by atoms with Crippen LogP contribution in [0.15, 0.2) is 42.2 Å². The van der Waals surface area contributed by atoms with Crippen molar-refractivity contribution in [3.05, 3.63) is 37.2 Å². The van der Waals surface area contributed by atoms with Crippen LogP contribution in [0.3, 0.4) is 0 Å². The molecule has 4 nitrogen and oxygen atoms in total. The topological polar surface area (TPSA) is 44.7 Å². The number of allylic oxidation sites excluding steroid dienone is 2. The maximum absolute atomic E-state index is 11.3. The largest absolute Gasteiger partial charge is 0.373 e. The highest BCUT2D eigenvalue weighted by molar-refractivity contribution is 6.10. The van der Waals surface area contributed by atoms with Crippen LogP contribution in [-0.4, -0.2) is 30.2 Å². The van der Waals surface area contributed by atoms with Gasteiger partial charge in [0.2, 0.25) is 5.91 Å². The molecule has 0 aromatic carbocycles. The minimum atomic E-state index is -0.0215. The molecule has 0 aromatic heterocycles. The van der Waals surface area contributed by atoms with Gasteiger partial charge in [0.15, 0.2) is 5.84 Å². The molecule has 74 valence electrons. The Kier molecular flexibility index (Phi) is 3.23. The summed E-state index contributed by atoms with van der Waals surface area (Å²) in [4.78, 5) is 16.8. The number of nitrogens with zero attached hydrogens (tertiary/aromatic N) is 2. The summed E-state index contributed by atoms with van der Waals surface area (Å²) in [5, 5.41) is 2.96. The van der Waals surface area contributed by atoms with Crippen LogP contribution in [0.4, 0.5) is 0 Å². The van der Waals surface area contributed by atoms with Crippen molar-refractivity contribution in [1.82, 2.24) is 10.2 Å². The molecule has 0 atom stereocenters. The van der Waals surface area contributed by atoms with E-state index in [9.17, 15) is 4.79 Å². The molecule has 1 fully saturated rings. The van der Waals surface area contributed by atoms with Gasteiger partial charge < -0.3 is 5.32 Å². The number of carbonyl (C=O) groups is 1. The summed E-state index contributed by atoms with van der Waals surface area (Å²) < 4.78 is 0. The number of rotatable bonds is 2. The third kappa shape index (κ3) is 1.90. The Hall–Kier alpha value is -1.84. The van der Waals surface area contributed by atoms with Gasteiger partial charge in [-0.3, -0.25) is 9.69 Å². The minimum absolute atomic E-state index is 0.0215. The molecule has 1 rings (SSSR count). The number of hydrogen-bond acceptors (Lipinski definition) is 3. The van der Waals surface area contributed by atoms with Gasteiger partial charge in [0.1, 0.15) is 0 Å². The van der Waals surface area contributed by atoms with Crippen molar-refractivity contribution in [2.45, 2.75) is 0 Å². The van der Waals surface area contributed by atoms with Gasteiger partial charge in [-0.2, -0.15) is 0 Å². The fourth-order valence-corrected chi connectivity index (χ4v) is 1.16. The van der Waals surface area contributed by atoms with Crippen molar-refractivity contribution in [1.29, 1.82) is 0 Å². The lowest BCUT2D eigenvalue weighted by atomic mass is 10.2. The van der Waals surface area contributed by atoms with E-state index in [-0.39, 0.29) is 12.5 Å². The molecule has 0 bridgehead atoms. The number of carbonyl (C=O) groups excluding carboxylic acids is 1. The fraction of sp³-hybridized carbons (Fsp3) is 0.200. The molecule has 1 heterocycles. The molecule has 0 spiro atoms. The van der Waals surface area contributed by atoms with Gasteiger partial charge in [0.25, 0.3) is 0 Å². The molecular formula is C10H13N3O. The number of amidine groups is 1. The van der Waals surface area contributed by atoms with E-state index in [0.717, 1.165) is 5.70 Å². The molecule has 0 aliphatic carbocycles. The van der Waals surface area contributed by atoms with Gasteiger partial charge in [-0.1, -0.05) is 19.2 Å². The second-order valence-corrected chi connectivity index (χ2v) is 2.76. The van der Waals surface area contributed by atoms with Crippen LogP contribution >= 0.6 is 0 Å². The summed E-state index contributed by atoms with van der Waals surface area (Å²) in [6, 6.07) is 0. The van der Waals surface area contributed by atoms with Gasteiger partial charge >= 0.3 is 0 Å². The van der Waals surface area contributed by atoms with E-state index >= 15 is 0 Å². The van der Waals surface area contributed by atoms with Crippen LogP contribution in [0.2, 0.25) is 0 Å². The first kappa shape index (κ1) is 10.2. The zero-order valence-electron chi connectivity index (χ0n) is 8.16. The summed E-state index contributed by atoms with van der Waals surface area (Å²) in [7, 11) is 1.68. The van der Waals surface area contributed by atoms with E-state index < -0.39 is 0 Å². The predicted molar refractivity (Wildman–Crippen MR) is 56.7 cm³/mol. The van der Waals surface area contributed by atoms with Crippen molar-refractivity contribution in [3.63, 3.8) is 0 Å². The molecule has 0 aromatic rings. The molecule has 0 radical (unpaired) electrons. The Bertz CT molecular complexity index is 328. The molecule has 14 heavy (non-hydrogen) atoms. The molecule has 0 unspecified atom stereocenters. The van der Waals surface area contributed by atoms with Crippen LogP contribution in [-0.2, 0) is 4.79 Å². The van der Waals surface area contributed by atoms with E-state index in [1.54, 1.807) is 19.2 Å².